The molecule has 0 unspecified atom stereocenters. The van der Waals surface area contributed by atoms with Gasteiger partial charge in [0.15, 0.2) is 0 Å². The Balaban J connectivity index is 1.70. The van der Waals surface area contributed by atoms with Crippen LogP contribution in [0.15, 0.2) is 6.20 Å². The predicted octanol–water partition coefficient (Wildman–Crippen LogP) is 3.88. The molecule has 2 fully saturated rings. The Morgan fingerprint density at radius 3 is 2.31 bits per heavy atom. The van der Waals surface area contributed by atoms with E-state index >= 15 is 0 Å². The topological polar surface area (TPSA) is 75.2 Å². The lowest BCUT2D eigenvalue weighted by atomic mass is 9.79. The molecule has 160 valence electrons. The second-order valence-corrected chi connectivity index (χ2v) is 8.90. The van der Waals surface area contributed by atoms with Gasteiger partial charge in [-0.25, -0.2) is 9.97 Å². The smallest absolute Gasteiger partial charge is 0.257 e. The van der Waals surface area contributed by atoms with Crippen molar-refractivity contribution in [1.29, 1.82) is 0 Å². The third kappa shape index (κ3) is 5.34. The summed E-state index contributed by atoms with van der Waals surface area (Å²) in [5.41, 5.74) is 1.60. The number of nitrogens with one attached hydrogen (secondary N) is 1. The van der Waals surface area contributed by atoms with Crippen molar-refractivity contribution in [3.63, 3.8) is 0 Å². The molecule has 0 aliphatic heterocycles. The van der Waals surface area contributed by atoms with Crippen LogP contribution < -0.4 is 5.32 Å². The fourth-order valence-electron chi connectivity index (χ4n) is 4.22. The number of rotatable bonds is 8. The summed E-state index contributed by atoms with van der Waals surface area (Å²) in [5.74, 6) is 2.42. The van der Waals surface area contributed by atoms with Crippen molar-refractivity contribution >= 4 is 11.8 Å². The summed E-state index contributed by atoms with van der Waals surface area (Å²) < 4.78 is 0. The molecular weight excluding hydrogens is 364 g/mol. The van der Waals surface area contributed by atoms with Gasteiger partial charge in [0.2, 0.25) is 5.91 Å². The summed E-state index contributed by atoms with van der Waals surface area (Å²) in [5, 5.41) is 3.13. The molecule has 6 heteroatoms. The molecule has 3 rings (SSSR count). The number of aromatic nitrogens is 2. The molecule has 2 aliphatic carbocycles. The second kappa shape index (κ2) is 9.68. The molecule has 1 aromatic heterocycles. The van der Waals surface area contributed by atoms with Gasteiger partial charge in [0.25, 0.3) is 5.91 Å². The van der Waals surface area contributed by atoms with Crippen molar-refractivity contribution in [3.05, 3.63) is 23.3 Å². The molecule has 1 heterocycles. The maximum Gasteiger partial charge on any atom is 0.257 e. The Labute approximate surface area is 174 Å². The van der Waals surface area contributed by atoms with E-state index in [0.29, 0.717) is 30.5 Å². The van der Waals surface area contributed by atoms with E-state index in [4.69, 9.17) is 4.98 Å². The van der Waals surface area contributed by atoms with E-state index in [0.717, 1.165) is 56.6 Å². The van der Waals surface area contributed by atoms with E-state index < -0.39 is 0 Å². The van der Waals surface area contributed by atoms with Crippen molar-refractivity contribution in [2.75, 3.05) is 19.6 Å². The van der Waals surface area contributed by atoms with E-state index in [-0.39, 0.29) is 23.7 Å². The fourth-order valence-corrected chi connectivity index (χ4v) is 4.22. The number of amides is 2. The van der Waals surface area contributed by atoms with Crippen molar-refractivity contribution in [1.82, 2.24) is 20.2 Å². The lowest BCUT2D eigenvalue weighted by Gasteiger charge is -2.30. The molecule has 0 saturated heterocycles. The number of carbonyl (C=O) groups excluding carboxylic acids is 2. The van der Waals surface area contributed by atoms with Crippen LogP contribution in [-0.2, 0) is 4.79 Å². The van der Waals surface area contributed by atoms with Gasteiger partial charge in [0.1, 0.15) is 5.82 Å². The van der Waals surface area contributed by atoms with Crippen molar-refractivity contribution in [3.8, 4) is 0 Å². The molecule has 0 aromatic carbocycles. The van der Waals surface area contributed by atoms with E-state index in [2.05, 4.69) is 24.1 Å². The number of hydrogen-bond acceptors (Lipinski definition) is 4. The van der Waals surface area contributed by atoms with Crippen molar-refractivity contribution in [2.45, 2.75) is 78.1 Å². The van der Waals surface area contributed by atoms with Gasteiger partial charge < -0.3 is 10.2 Å². The van der Waals surface area contributed by atoms with Gasteiger partial charge in [-0.3, -0.25) is 9.59 Å². The molecule has 2 saturated carbocycles. The molecule has 0 radical (unpaired) electrons. The van der Waals surface area contributed by atoms with Crippen molar-refractivity contribution in [2.24, 2.45) is 11.8 Å². The Morgan fingerprint density at radius 1 is 1.10 bits per heavy atom. The predicted molar refractivity (Wildman–Crippen MR) is 114 cm³/mol. The first-order valence-corrected chi connectivity index (χ1v) is 11.4. The zero-order valence-electron chi connectivity index (χ0n) is 18.4. The van der Waals surface area contributed by atoms with Gasteiger partial charge in [-0.15, -0.1) is 0 Å². The molecular formula is C23H36N4O2. The normalized spacial score (nSPS) is 21.8. The third-order valence-corrected chi connectivity index (χ3v) is 6.38. The lowest BCUT2D eigenvalue weighted by Crippen LogP contribution is -2.33. The monoisotopic (exact) mass is 400 g/mol. The Hall–Kier alpha value is -1.98. The van der Waals surface area contributed by atoms with E-state index in [1.807, 2.05) is 18.7 Å². The first-order chi connectivity index (χ1) is 13.9. The number of carbonyl (C=O) groups is 2. The molecule has 29 heavy (non-hydrogen) atoms. The standard InChI is InChI=1S/C23H36N4O2/c1-5-27(6-2)23(29)19-14-24-21(15(3)4)26-20(19)17-9-7-16(8-10-17)13-25-22(28)18-11-12-18/h14-18H,5-13H2,1-4H3,(H,25,28). The summed E-state index contributed by atoms with van der Waals surface area (Å²) in [6, 6.07) is 0. The average molecular weight is 401 g/mol. The van der Waals surface area contributed by atoms with E-state index in [1.165, 1.54) is 0 Å². The number of hydrogen-bond donors (Lipinski definition) is 1. The first kappa shape index (κ1) is 21.7. The largest absolute Gasteiger partial charge is 0.356 e. The summed E-state index contributed by atoms with van der Waals surface area (Å²) in [6.07, 6.45) is 8.00. The molecule has 1 N–H and O–H groups in total. The zero-order chi connectivity index (χ0) is 21.0. The van der Waals surface area contributed by atoms with Gasteiger partial charge in [-0.1, -0.05) is 13.8 Å². The summed E-state index contributed by atoms with van der Waals surface area (Å²) in [7, 11) is 0. The molecule has 6 nitrogen and oxygen atoms in total. The minimum absolute atomic E-state index is 0.0409. The second-order valence-electron chi connectivity index (χ2n) is 8.90. The maximum absolute atomic E-state index is 13.1. The van der Waals surface area contributed by atoms with Crippen LogP contribution in [0.2, 0.25) is 0 Å². The van der Waals surface area contributed by atoms with Crippen LogP contribution in [-0.4, -0.2) is 46.3 Å². The molecule has 2 aliphatic rings. The highest BCUT2D eigenvalue weighted by atomic mass is 16.2. The van der Waals surface area contributed by atoms with Crippen LogP contribution in [0.4, 0.5) is 0 Å². The summed E-state index contributed by atoms with van der Waals surface area (Å²) >= 11 is 0. The summed E-state index contributed by atoms with van der Waals surface area (Å²) in [6.45, 7) is 10.3. The van der Waals surface area contributed by atoms with Gasteiger partial charge in [-0.05, 0) is 58.3 Å². The maximum atomic E-state index is 13.1. The highest BCUT2D eigenvalue weighted by Gasteiger charge is 2.32. The molecule has 0 atom stereocenters. The number of nitrogens with zero attached hydrogens (tertiary/aromatic N) is 3. The minimum atomic E-state index is 0.0409. The van der Waals surface area contributed by atoms with Crippen LogP contribution in [0.1, 0.15) is 99.9 Å². The van der Waals surface area contributed by atoms with Gasteiger partial charge >= 0.3 is 0 Å². The lowest BCUT2D eigenvalue weighted by molar-refractivity contribution is -0.122. The van der Waals surface area contributed by atoms with Crippen LogP contribution in [0.5, 0.6) is 0 Å². The Bertz CT molecular complexity index is 718. The third-order valence-electron chi connectivity index (χ3n) is 6.38. The van der Waals surface area contributed by atoms with Crippen LogP contribution >= 0.6 is 0 Å². The van der Waals surface area contributed by atoms with Crippen LogP contribution in [0, 0.1) is 11.8 Å². The van der Waals surface area contributed by atoms with Crippen LogP contribution in [0.25, 0.3) is 0 Å². The average Bonchev–Trinajstić information content (AvgIpc) is 3.58. The molecule has 1 aromatic rings. The Morgan fingerprint density at radius 2 is 1.76 bits per heavy atom. The van der Waals surface area contributed by atoms with Gasteiger partial charge in [0, 0.05) is 43.6 Å². The molecule has 0 spiro atoms. The van der Waals surface area contributed by atoms with Crippen LogP contribution in [0.3, 0.4) is 0 Å². The minimum Gasteiger partial charge on any atom is -0.356 e. The van der Waals surface area contributed by atoms with Crippen molar-refractivity contribution < 1.29 is 9.59 Å². The highest BCUT2D eigenvalue weighted by molar-refractivity contribution is 5.95. The molecule has 2 amide bonds. The SMILES string of the molecule is CCN(CC)C(=O)c1cnc(C(C)C)nc1C1CCC(CNC(=O)C2CC2)CC1. The summed E-state index contributed by atoms with van der Waals surface area (Å²) in [4.78, 5) is 36.2. The molecule has 0 bridgehead atoms. The van der Waals surface area contributed by atoms with E-state index in [1.54, 1.807) is 6.20 Å². The highest BCUT2D eigenvalue weighted by Crippen LogP contribution is 2.37. The quantitative estimate of drug-likeness (QED) is 0.718. The Kier molecular flexibility index (Phi) is 7.25. The fraction of sp³-hybridized carbons (Fsp3) is 0.739. The van der Waals surface area contributed by atoms with Gasteiger partial charge in [0.05, 0.1) is 11.3 Å². The first-order valence-electron chi connectivity index (χ1n) is 11.4. The van der Waals surface area contributed by atoms with Gasteiger partial charge in [-0.2, -0.15) is 0 Å². The zero-order valence-corrected chi connectivity index (χ0v) is 18.4. The van der Waals surface area contributed by atoms with E-state index in [9.17, 15) is 9.59 Å².